The number of carbonyl (C=O) groups excluding carboxylic acids is 1. The molecule has 2 aromatic carbocycles. The largest absolute Gasteiger partial charge is 0.332 e. The summed E-state index contributed by atoms with van der Waals surface area (Å²) in [6.45, 7) is 0. The van der Waals surface area contributed by atoms with Crippen molar-refractivity contribution < 1.29 is 13.2 Å². The first kappa shape index (κ1) is 17.6. The Morgan fingerprint density at radius 2 is 1.70 bits per heavy atom. The third kappa shape index (κ3) is 4.85. The van der Waals surface area contributed by atoms with Crippen LogP contribution in [0, 0.1) is 0 Å². The zero-order chi connectivity index (χ0) is 17.0. The molecule has 0 aliphatic carbocycles. The topological polar surface area (TPSA) is 75.3 Å². The van der Waals surface area contributed by atoms with E-state index in [0.29, 0.717) is 15.7 Å². The molecule has 0 spiro atoms. The van der Waals surface area contributed by atoms with Crippen LogP contribution in [-0.4, -0.2) is 25.7 Å². The lowest BCUT2D eigenvalue weighted by molar-refractivity contribution is 0.0977. The molecule has 0 saturated carbocycles. The van der Waals surface area contributed by atoms with Gasteiger partial charge in [-0.25, -0.2) is 8.42 Å². The van der Waals surface area contributed by atoms with Crippen molar-refractivity contribution >= 4 is 54.7 Å². The van der Waals surface area contributed by atoms with Crippen molar-refractivity contribution in [2.45, 2.75) is 4.90 Å². The quantitative estimate of drug-likeness (QED) is 0.757. The van der Waals surface area contributed by atoms with Crippen LogP contribution in [0.15, 0.2) is 57.9 Å². The van der Waals surface area contributed by atoms with Gasteiger partial charge in [0.2, 0.25) is 0 Å². The molecule has 0 radical (unpaired) electrons. The molecule has 0 saturated heterocycles. The summed E-state index contributed by atoms with van der Waals surface area (Å²) in [7, 11) is -3.24. The first-order chi connectivity index (χ1) is 10.8. The van der Waals surface area contributed by atoms with Gasteiger partial charge in [0.15, 0.2) is 14.9 Å². The number of sulfone groups is 1. The Balaban J connectivity index is 2.03. The van der Waals surface area contributed by atoms with E-state index in [4.69, 9.17) is 12.2 Å². The third-order valence-electron chi connectivity index (χ3n) is 2.89. The van der Waals surface area contributed by atoms with Gasteiger partial charge >= 0.3 is 0 Å². The number of rotatable bonds is 3. The highest BCUT2D eigenvalue weighted by molar-refractivity contribution is 9.10. The van der Waals surface area contributed by atoms with Gasteiger partial charge in [-0.05, 0) is 64.5 Å². The summed E-state index contributed by atoms with van der Waals surface area (Å²) < 4.78 is 23.5. The van der Waals surface area contributed by atoms with Gasteiger partial charge < -0.3 is 5.32 Å². The first-order valence-corrected chi connectivity index (χ1v) is 9.53. The van der Waals surface area contributed by atoms with Crippen molar-refractivity contribution in [3.8, 4) is 0 Å². The maximum Gasteiger partial charge on any atom is 0.258 e. The highest BCUT2D eigenvalue weighted by Gasteiger charge is 2.11. The Bertz CT molecular complexity index is 849. The molecule has 2 N–H and O–H groups in total. The van der Waals surface area contributed by atoms with Crippen LogP contribution < -0.4 is 10.6 Å². The van der Waals surface area contributed by atoms with Gasteiger partial charge in [-0.2, -0.15) is 0 Å². The molecule has 0 bridgehead atoms. The Morgan fingerprint density at radius 1 is 1.09 bits per heavy atom. The molecule has 23 heavy (non-hydrogen) atoms. The van der Waals surface area contributed by atoms with Crippen LogP contribution in [0.3, 0.4) is 0 Å². The maximum absolute atomic E-state index is 12.1. The lowest BCUT2D eigenvalue weighted by atomic mass is 10.2. The lowest BCUT2D eigenvalue weighted by Gasteiger charge is -2.10. The average Bonchev–Trinajstić information content (AvgIpc) is 2.47. The second kappa shape index (κ2) is 7.20. The van der Waals surface area contributed by atoms with Gasteiger partial charge in [0.25, 0.3) is 5.91 Å². The summed E-state index contributed by atoms with van der Waals surface area (Å²) >= 11 is 8.38. The summed E-state index contributed by atoms with van der Waals surface area (Å²) in [5.74, 6) is -0.345. The van der Waals surface area contributed by atoms with Crippen LogP contribution in [0.4, 0.5) is 5.69 Å². The highest BCUT2D eigenvalue weighted by atomic mass is 79.9. The van der Waals surface area contributed by atoms with E-state index in [1.54, 1.807) is 36.4 Å². The molecule has 120 valence electrons. The van der Waals surface area contributed by atoms with Crippen molar-refractivity contribution in [3.63, 3.8) is 0 Å². The normalized spacial score (nSPS) is 10.9. The molecular weight excluding hydrogens is 400 g/mol. The smallest absolute Gasteiger partial charge is 0.258 e. The fraction of sp³-hybridized carbons (Fsp3) is 0.0667. The molecular formula is C15H13BrN2O3S2. The van der Waals surface area contributed by atoms with Crippen LogP contribution in [0.2, 0.25) is 0 Å². The van der Waals surface area contributed by atoms with Gasteiger partial charge in [-0.15, -0.1) is 0 Å². The summed E-state index contributed by atoms with van der Waals surface area (Å²) in [6.07, 6.45) is 1.14. The van der Waals surface area contributed by atoms with E-state index in [1.807, 2.05) is 0 Å². The molecule has 8 heteroatoms. The first-order valence-electron chi connectivity index (χ1n) is 6.44. The Labute approximate surface area is 148 Å². The number of hydrogen-bond acceptors (Lipinski definition) is 4. The highest BCUT2D eigenvalue weighted by Crippen LogP contribution is 2.16. The van der Waals surface area contributed by atoms with Gasteiger partial charge in [-0.3, -0.25) is 10.1 Å². The maximum atomic E-state index is 12.1. The fourth-order valence-corrected chi connectivity index (χ4v) is 3.07. The van der Waals surface area contributed by atoms with Crippen molar-refractivity contribution in [1.29, 1.82) is 0 Å². The Morgan fingerprint density at radius 3 is 2.26 bits per heavy atom. The summed E-state index contributed by atoms with van der Waals surface area (Å²) in [5, 5.41) is 5.52. The molecule has 5 nitrogen and oxygen atoms in total. The molecule has 0 unspecified atom stereocenters. The van der Waals surface area contributed by atoms with E-state index in [1.165, 1.54) is 12.1 Å². The summed E-state index contributed by atoms with van der Waals surface area (Å²) in [5.41, 5.74) is 1.04. The zero-order valence-corrected chi connectivity index (χ0v) is 15.3. The van der Waals surface area contributed by atoms with E-state index >= 15 is 0 Å². The zero-order valence-electron chi connectivity index (χ0n) is 12.0. The van der Waals surface area contributed by atoms with Gasteiger partial charge in [0.1, 0.15) is 0 Å². The van der Waals surface area contributed by atoms with Crippen LogP contribution in [0.1, 0.15) is 10.4 Å². The number of hydrogen-bond donors (Lipinski definition) is 2. The Kier molecular flexibility index (Phi) is 5.51. The molecule has 0 fully saturated rings. The predicted octanol–water partition coefficient (Wildman–Crippen LogP) is 2.98. The van der Waals surface area contributed by atoms with Crippen molar-refractivity contribution in [1.82, 2.24) is 5.32 Å². The number of anilines is 1. The van der Waals surface area contributed by atoms with Crippen molar-refractivity contribution in [2.75, 3.05) is 11.6 Å². The average molecular weight is 413 g/mol. The SMILES string of the molecule is CS(=O)(=O)c1ccc(NC(=S)NC(=O)c2ccccc2Br)cc1. The van der Waals surface area contributed by atoms with E-state index in [-0.39, 0.29) is 15.9 Å². The number of benzene rings is 2. The number of nitrogens with one attached hydrogen (secondary N) is 2. The second-order valence-electron chi connectivity index (χ2n) is 4.68. The summed E-state index contributed by atoms with van der Waals surface area (Å²) in [6, 6.07) is 13.1. The van der Waals surface area contributed by atoms with Gasteiger partial charge in [-0.1, -0.05) is 12.1 Å². The van der Waals surface area contributed by atoms with Crippen LogP contribution >= 0.6 is 28.1 Å². The minimum absolute atomic E-state index is 0.123. The van der Waals surface area contributed by atoms with Gasteiger partial charge in [0.05, 0.1) is 10.5 Å². The minimum atomic E-state index is -3.24. The number of carbonyl (C=O) groups is 1. The second-order valence-corrected chi connectivity index (χ2v) is 7.96. The number of thiocarbonyl (C=S) groups is 1. The van der Waals surface area contributed by atoms with Gasteiger partial charge in [0, 0.05) is 16.4 Å². The standard InChI is InChI=1S/C15H13BrN2O3S2/c1-23(20,21)11-8-6-10(7-9-11)17-15(22)18-14(19)12-4-2-3-5-13(12)16/h2-9H,1H3,(H2,17,18,19,22). The van der Waals surface area contributed by atoms with Crippen LogP contribution in [0.25, 0.3) is 0 Å². The molecule has 0 aliphatic rings. The van der Waals surface area contributed by atoms with Crippen LogP contribution in [-0.2, 0) is 9.84 Å². The van der Waals surface area contributed by atoms with E-state index < -0.39 is 9.84 Å². The Hall–Kier alpha value is -1.77. The van der Waals surface area contributed by atoms with E-state index in [2.05, 4.69) is 26.6 Å². The number of amides is 1. The number of halogens is 1. The predicted molar refractivity (Wildman–Crippen MR) is 97.4 cm³/mol. The van der Waals surface area contributed by atoms with Crippen molar-refractivity contribution in [2.24, 2.45) is 0 Å². The molecule has 1 amide bonds. The lowest BCUT2D eigenvalue weighted by Crippen LogP contribution is -2.34. The summed E-state index contributed by atoms with van der Waals surface area (Å²) in [4.78, 5) is 12.3. The van der Waals surface area contributed by atoms with Crippen LogP contribution in [0.5, 0.6) is 0 Å². The van der Waals surface area contributed by atoms with Crippen molar-refractivity contribution in [3.05, 3.63) is 58.6 Å². The van der Waals surface area contributed by atoms with E-state index in [0.717, 1.165) is 6.26 Å². The minimum Gasteiger partial charge on any atom is -0.332 e. The molecule has 0 aliphatic heterocycles. The molecule has 0 aromatic heterocycles. The van der Waals surface area contributed by atoms with E-state index in [9.17, 15) is 13.2 Å². The molecule has 2 rings (SSSR count). The third-order valence-corrected chi connectivity index (χ3v) is 4.91. The molecule has 0 atom stereocenters. The molecule has 0 heterocycles. The fourth-order valence-electron chi connectivity index (χ4n) is 1.76. The molecule has 2 aromatic rings. The monoisotopic (exact) mass is 412 g/mol.